The molecule has 0 unspecified atom stereocenters. The largest absolute Gasteiger partial charge is 0.384 e. The van der Waals surface area contributed by atoms with Crippen LogP contribution in [0.2, 0.25) is 0 Å². The fourth-order valence-electron chi connectivity index (χ4n) is 1.98. The lowest BCUT2D eigenvalue weighted by Crippen LogP contribution is -1.97. The molecule has 0 saturated heterocycles. The number of hydrogen-bond donors (Lipinski definition) is 1. The molecule has 1 aromatic carbocycles. The van der Waals surface area contributed by atoms with Crippen LogP contribution >= 0.6 is 15.9 Å². The lowest BCUT2D eigenvalue weighted by atomic mass is 10.3. The smallest absolute Gasteiger partial charge is 0.159 e. The summed E-state index contributed by atoms with van der Waals surface area (Å²) < 4.78 is 3.03. The number of halogens is 1. The molecule has 0 fully saturated rings. The first-order chi connectivity index (χ1) is 8.65. The Balaban J connectivity index is 2.27. The van der Waals surface area contributed by atoms with E-state index in [-0.39, 0.29) is 0 Å². The molecule has 3 rings (SSSR count). The van der Waals surface area contributed by atoms with Gasteiger partial charge in [0.25, 0.3) is 0 Å². The fourth-order valence-corrected chi connectivity index (χ4v) is 2.33. The van der Waals surface area contributed by atoms with Crippen molar-refractivity contribution < 1.29 is 0 Å². The quantitative estimate of drug-likeness (QED) is 0.752. The molecular formula is C13H11BrN4. The molecule has 0 aliphatic heterocycles. The zero-order valence-corrected chi connectivity index (χ0v) is 11.3. The maximum absolute atomic E-state index is 5.71. The Bertz CT molecular complexity index is 733. The highest BCUT2D eigenvalue weighted by Gasteiger charge is 2.11. The van der Waals surface area contributed by atoms with Crippen molar-refractivity contribution in [2.75, 3.05) is 5.73 Å². The van der Waals surface area contributed by atoms with Gasteiger partial charge in [0, 0.05) is 11.5 Å². The van der Waals surface area contributed by atoms with E-state index in [1.165, 1.54) is 0 Å². The summed E-state index contributed by atoms with van der Waals surface area (Å²) in [4.78, 5) is 8.90. The Morgan fingerprint density at radius 3 is 2.78 bits per heavy atom. The number of pyridine rings is 1. The Kier molecular flexibility index (Phi) is 2.56. The second-order valence-corrected chi connectivity index (χ2v) is 4.99. The minimum absolute atomic E-state index is 0.501. The van der Waals surface area contributed by atoms with Crippen LogP contribution in [0.25, 0.3) is 22.6 Å². The summed E-state index contributed by atoms with van der Waals surface area (Å²) in [6.45, 7) is 0. The number of aromatic nitrogens is 3. The van der Waals surface area contributed by atoms with Gasteiger partial charge >= 0.3 is 0 Å². The van der Waals surface area contributed by atoms with Gasteiger partial charge < -0.3 is 10.3 Å². The summed E-state index contributed by atoms with van der Waals surface area (Å²) in [7, 11) is 1.98. The van der Waals surface area contributed by atoms with E-state index in [0.717, 1.165) is 27.0 Å². The van der Waals surface area contributed by atoms with Gasteiger partial charge in [-0.15, -0.1) is 0 Å². The highest BCUT2D eigenvalue weighted by molar-refractivity contribution is 9.10. The molecule has 0 atom stereocenters. The summed E-state index contributed by atoms with van der Waals surface area (Å²) in [6, 6.07) is 11.6. The third-order valence-corrected chi connectivity index (χ3v) is 3.34. The molecule has 0 aliphatic rings. The van der Waals surface area contributed by atoms with E-state index in [1.807, 2.05) is 41.9 Å². The molecule has 0 aliphatic carbocycles. The maximum Gasteiger partial charge on any atom is 0.159 e. The predicted molar refractivity (Wildman–Crippen MR) is 76.1 cm³/mol. The summed E-state index contributed by atoms with van der Waals surface area (Å²) in [5.41, 5.74) is 8.49. The van der Waals surface area contributed by atoms with E-state index in [2.05, 4.69) is 25.9 Å². The average molecular weight is 303 g/mol. The van der Waals surface area contributed by atoms with Crippen LogP contribution in [0, 0.1) is 0 Å². The predicted octanol–water partition coefficient (Wildman–Crippen LogP) is 2.98. The van der Waals surface area contributed by atoms with Gasteiger partial charge in [-0.2, -0.15) is 0 Å². The third-order valence-electron chi connectivity index (χ3n) is 2.84. The van der Waals surface area contributed by atoms with E-state index >= 15 is 0 Å². The summed E-state index contributed by atoms with van der Waals surface area (Å²) in [5.74, 6) is 1.32. The molecule has 0 radical (unpaired) electrons. The molecule has 2 aromatic heterocycles. The monoisotopic (exact) mass is 302 g/mol. The second kappa shape index (κ2) is 4.10. The number of nitrogens with two attached hydrogens (primary N) is 1. The first-order valence-corrected chi connectivity index (χ1v) is 6.29. The number of hydrogen-bond acceptors (Lipinski definition) is 3. The molecule has 0 spiro atoms. The fraction of sp³-hybridized carbons (Fsp3) is 0.0769. The Morgan fingerprint density at radius 1 is 1.17 bits per heavy atom. The van der Waals surface area contributed by atoms with Crippen molar-refractivity contribution in [1.82, 2.24) is 14.5 Å². The Labute approximate surface area is 113 Å². The van der Waals surface area contributed by atoms with Gasteiger partial charge in [-0.1, -0.05) is 22.0 Å². The van der Waals surface area contributed by atoms with Gasteiger partial charge in [0.15, 0.2) is 5.82 Å². The molecule has 4 nitrogen and oxygen atoms in total. The third kappa shape index (κ3) is 1.76. The molecule has 0 amide bonds. The number of nitrogens with zero attached hydrogens (tertiary/aromatic N) is 3. The number of benzene rings is 1. The van der Waals surface area contributed by atoms with Crippen molar-refractivity contribution >= 4 is 32.8 Å². The van der Waals surface area contributed by atoms with Crippen molar-refractivity contribution in [3.05, 3.63) is 40.9 Å². The highest BCUT2D eigenvalue weighted by atomic mass is 79.9. The summed E-state index contributed by atoms with van der Waals surface area (Å²) >= 11 is 3.45. The molecule has 5 heteroatoms. The van der Waals surface area contributed by atoms with Gasteiger partial charge in [-0.3, -0.25) is 0 Å². The van der Waals surface area contributed by atoms with Crippen molar-refractivity contribution in [3.8, 4) is 11.5 Å². The second-order valence-electron chi connectivity index (χ2n) is 4.08. The van der Waals surface area contributed by atoms with E-state index in [0.29, 0.717) is 5.82 Å². The van der Waals surface area contributed by atoms with E-state index < -0.39 is 0 Å². The van der Waals surface area contributed by atoms with Crippen molar-refractivity contribution in [2.45, 2.75) is 0 Å². The average Bonchev–Trinajstić information content (AvgIpc) is 2.66. The number of rotatable bonds is 1. The lowest BCUT2D eigenvalue weighted by Gasteiger charge is -2.02. The first-order valence-electron chi connectivity index (χ1n) is 5.50. The summed E-state index contributed by atoms with van der Waals surface area (Å²) in [5, 5.41) is 0. The SMILES string of the molecule is Cn1c(-c2cccc(N)n2)nc2cc(Br)ccc21. The van der Waals surface area contributed by atoms with Crippen molar-refractivity contribution in [1.29, 1.82) is 0 Å². The lowest BCUT2D eigenvalue weighted by molar-refractivity contribution is 0.951. The van der Waals surface area contributed by atoms with Crippen LogP contribution in [0.3, 0.4) is 0 Å². The zero-order chi connectivity index (χ0) is 12.7. The van der Waals surface area contributed by atoms with Crippen LogP contribution in [0.1, 0.15) is 0 Å². The Hall–Kier alpha value is -1.88. The number of aryl methyl sites for hydroxylation is 1. The number of imidazole rings is 1. The molecule has 18 heavy (non-hydrogen) atoms. The van der Waals surface area contributed by atoms with Crippen LogP contribution in [0.4, 0.5) is 5.82 Å². The van der Waals surface area contributed by atoms with Gasteiger partial charge in [-0.25, -0.2) is 9.97 Å². The maximum atomic E-state index is 5.71. The van der Waals surface area contributed by atoms with Crippen molar-refractivity contribution in [3.63, 3.8) is 0 Å². The zero-order valence-electron chi connectivity index (χ0n) is 9.76. The molecule has 0 bridgehead atoms. The minimum Gasteiger partial charge on any atom is -0.384 e. The molecule has 3 aromatic rings. The van der Waals surface area contributed by atoms with Gasteiger partial charge in [0.05, 0.1) is 11.0 Å². The summed E-state index contributed by atoms with van der Waals surface area (Å²) in [6.07, 6.45) is 0. The van der Waals surface area contributed by atoms with Crippen LogP contribution in [0.5, 0.6) is 0 Å². The van der Waals surface area contributed by atoms with Crippen LogP contribution in [-0.4, -0.2) is 14.5 Å². The van der Waals surface area contributed by atoms with Gasteiger partial charge in [0.2, 0.25) is 0 Å². The van der Waals surface area contributed by atoms with E-state index in [4.69, 9.17) is 5.73 Å². The number of fused-ring (bicyclic) bond motifs is 1. The van der Waals surface area contributed by atoms with Crippen LogP contribution in [-0.2, 0) is 7.05 Å². The van der Waals surface area contributed by atoms with Crippen LogP contribution < -0.4 is 5.73 Å². The number of anilines is 1. The van der Waals surface area contributed by atoms with Crippen LogP contribution in [0.15, 0.2) is 40.9 Å². The van der Waals surface area contributed by atoms with Gasteiger partial charge in [0.1, 0.15) is 11.5 Å². The molecule has 2 N–H and O–H groups in total. The minimum atomic E-state index is 0.501. The molecular weight excluding hydrogens is 292 g/mol. The van der Waals surface area contributed by atoms with Gasteiger partial charge in [-0.05, 0) is 30.3 Å². The van der Waals surface area contributed by atoms with E-state index in [1.54, 1.807) is 6.07 Å². The first kappa shape index (κ1) is 11.2. The highest BCUT2D eigenvalue weighted by Crippen LogP contribution is 2.25. The van der Waals surface area contributed by atoms with Crippen molar-refractivity contribution in [2.24, 2.45) is 7.05 Å². The standard InChI is InChI=1S/C13H11BrN4/c1-18-11-6-5-8(14)7-10(11)17-13(18)9-3-2-4-12(15)16-9/h2-7H,1H3,(H2,15,16). The topological polar surface area (TPSA) is 56.7 Å². The Morgan fingerprint density at radius 2 is 2.00 bits per heavy atom. The van der Waals surface area contributed by atoms with E-state index in [9.17, 15) is 0 Å². The molecule has 90 valence electrons. The number of nitrogen functional groups attached to an aromatic ring is 1. The molecule has 0 saturated carbocycles. The normalized spacial score (nSPS) is 11.0. The molecule has 2 heterocycles.